The first-order valence-corrected chi connectivity index (χ1v) is 7.49. The van der Waals surface area contributed by atoms with E-state index in [1.807, 2.05) is 18.2 Å². The minimum Gasteiger partial charge on any atom is -0.391 e. The van der Waals surface area contributed by atoms with Crippen molar-refractivity contribution in [2.24, 2.45) is 0 Å². The van der Waals surface area contributed by atoms with Crippen LogP contribution in [0.25, 0.3) is 11.1 Å². The Balaban J connectivity index is 0.00000338. The summed E-state index contributed by atoms with van der Waals surface area (Å²) in [7, 11) is 0. The van der Waals surface area contributed by atoms with Gasteiger partial charge in [-0.2, -0.15) is 5.26 Å². The molecule has 0 aliphatic heterocycles. The third-order valence-electron chi connectivity index (χ3n) is 3.66. The van der Waals surface area contributed by atoms with Gasteiger partial charge in [0, 0.05) is 5.56 Å². The van der Waals surface area contributed by atoms with Gasteiger partial charge in [-0.15, -0.1) is 0 Å². The Morgan fingerprint density at radius 1 is 1.04 bits per heavy atom. The predicted octanol–water partition coefficient (Wildman–Crippen LogP) is 1.85. The van der Waals surface area contributed by atoms with Crippen molar-refractivity contribution >= 4 is 11.8 Å². The van der Waals surface area contributed by atoms with Crippen LogP contribution in [0, 0.1) is 11.3 Å². The van der Waals surface area contributed by atoms with Gasteiger partial charge in [0.15, 0.2) is 0 Å². The molecule has 7 nitrogen and oxygen atoms in total. The number of aliphatic hydroxyl groups is 1. The molecule has 0 saturated heterocycles. The van der Waals surface area contributed by atoms with Crippen molar-refractivity contribution in [3.8, 4) is 17.2 Å². The number of amides is 2. The van der Waals surface area contributed by atoms with E-state index in [1.165, 1.54) is 12.4 Å². The zero-order valence-corrected chi connectivity index (χ0v) is 13.4. The van der Waals surface area contributed by atoms with Crippen LogP contribution in [0.1, 0.15) is 30.3 Å². The van der Waals surface area contributed by atoms with Crippen LogP contribution in [0.3, 0.4) is 0 Å². The SMILES string of the molecule is C.C[C@@H](O)[C@H](NC(=O)c1ccc(-c2ccc(C#N)cc2)cc1)C(=O)NO. The quantitative estimate of drug-likeness (QED) is 0.481. The zero-order valence-electron chi connectivity index (χ0n) is 13.4. The average Bonchev–Trinajstić information content (AvgIpc) is 2.65. The number of nitrogens with one attached hydrogen (secondary N) is 2. The molecule has 136 valence electrons. The number of carbonyl (C=O) groups is 2. The number of benzene rings is 2. The molecule has 0 fully saturated rings. The second kappa shape index (κ2) is 9.32. The summed E-state index contributed by atoms with van der Waals surface area (Å²) in [5.74, 6) is -1.46. The monoisotopic (exact) mass is 355 g/mol. The van der Waals surface area contributed by atoms with Crippen molar-refractivity contribution in [2.45, 2.75) is 26.5 Å². The Hall–Kier alpha value is -3.21. The number of hydrogen-bond donors (Lipinski definition) is 4. The standard InChI is InChI=1S/C18H17N3O4.CH4/c1-11(22)16(18(24)21-25)20-17(23)15-8-6-14(7-9-15)13-4-2-12(10-19)3-5-13;/h2-9,11,16,22,25H,1H3,(H,20,23)(H,21,24);1H4/t11-,16+;/m1./s1. The predicted molar refractivity (Wildman–Crippen MR) is 96.2 cm³/mol. The van der Waals surface area contributed by atoms with E-state index in [4.69, 9.17) is 10.5 Å². The molecule has 7 heteroatoms. The van der Waals surface area contributed by atoms with Gasteiger partial charge in [0.05, 0.1) is 17.7 Å². The lowest BCUT2D eigenvalue weighted by Crippen LogP contribution is -2.51. The number of nitrogens with zero attached hydrogens (tertiary/aromatic N) is 1. The van der Waals surface area contributed by atoms with E-state index >= 15 is 0 Å². The van der Waals surface area contributed by atoms with Gasteiger partial charge in [0.25, 0.3) is 11.8 Å². The maximum Gasteiger partial charge on any atom is 0.268 e. The van der Waals surface area contributed by atoms with Gasteiger partial charge in [-0.3, -0.25) is 14.8 Å². The number of carbonyl (C=O) groups excluding carboxylic acids is 2. The van der Waals surface area contributed by atoms with Crippen LogP contribution in [-0.4, -0.2) is 34.3 Å². The van der Waals surface area contributed by atoms with E-state index < -0.39 is 24.0 Å². The summed E-state index contributed by atoms with van der Waals surface area (Å²) in [6.45, 7) is 1.33. The molecule has 2 amide bonds. The first kappa shape index (κ1) is 20.8. The second-order valence-electron chi connectivity index (χ2n) is 5.43. The van der Waals surface area contributed by atoms with Crippen molar-refractivity contribution in [1.29, 1.82) is 5.26 Å². The van der Waals surface area contributed by atoms with E-state index in [2.05, 4.69) is 5.32 Å². The highest BCUT2D eigenvalue weighted by atomic mass is 16.5. The lowest BCUT2D eigenvalue weighted by Gasteiger charge is -2.19. The maximum absolute atomic E-state index is 12.2. The van der Waals surface area contributed by atoms with Crippen molar-refractivity contribution in [3.05, 3.63) is 59.7 Å². The largest absolute Gasteiger partial charge is 0.391 e. The molecule has 0 aromatic heterocycles. The van der Waals surface area contributed by atoms with Gasteiger partial charge in [-0.25, -0.2) is 5.48 Å². The molecule has 2 aromatic rings. The Bertz CT molecular complexity index is 793. The van der Waals surface area contributed by atoms with Crippen LogP contribution in [0.5, 0.6) is 0 Å². The molecule has 0 saturated carbocycles. The summed E-state index contributed by atoms with van der Waals surface area (Å²) >= 11 is 0. The minimum absolute atomic E-state index is 0. The third-order valence-corrected chi connectivity index (χ3v) is 3.66. The van der Waals surface area contributed by atoms with Crippen molar-refractivity contribution < 1.29 is 19.9 Å². The molecule has 26 heavy (non-hydrogen) atoms. The first-order chi connectivity index (χ1) is 12.0. The molecule has 0 radical (unpaired) electrons. The fourth-order valence-corrected chi connectivity index (χ4v) is 2.25. The van der Waals surface area contributed by atoms with Crippen molar-refractivity contribution in [1.82, 2.24) is 10.8 Å². The van der Waals surface area contributed by atoms with Crippen molar-refractivity contribution in [2.75, 3.05) is 0 Å². The fourth-order valence-electron chi connectivity index (χ4n) is 2.25. The molecule has 0 heterocycles. The summed E-state index contributed by atoms with van der Waals surface area (Å²) in [6, 6.07) is 14.4. The van der Waals surface area contributed by atoms with Crippen LogP contribution >= 0.6 is 0 Å². The van der Waals surface area contributed by atoms with E-state index in [0.29, 0.717) is 11.1 Å². The normalized spacial score (nSPS) is 12.1. The van der Waals surface area contributed by atoms with Gasteiger partial charge in [0.2, 0.25) is 0 Å². The summed E-state index contributed by atoms with van der Waals surface area (Å²) in [5, 5.41) is 29.4. The maximum atomic E-state index is 12.2. The summed E-state index contributed by atoms with van der Waals surface area (Å²) in [5.41, 5.74) is 4.03. The van der Waals surface area contributed by atoms with E-state index in [9.17, 15) is 14.7 Å². The Kier molecular flexibility index (Phi) is 7.47. The number of hydrogen-bond acceptors (Lipinski definition) is 5. The third kappa shape index (κ3) is 4.89. The highest BCUT2D eigenvalue weighted by Gasteiger charge is 2.25. The summed E-state index contributed by atoms with van der Waals surface area (Å²) in [6.07, 6.45) is -1.17. The molecular formula is C19H21N3O4. The van der Waals surface area contributed by atoms with Crippen molar-refractivity contribution in [3.63, 3.8) is 0 Å². The molecule has 2 atom stereocenters. The molecule has 0 unspecified atom stereocenters. The fraction of sp³-hybridized carbons (Fsp3) is 0.211. The Morgan fingerprint density at radius 3 is 1.96 bits per heavy atom. The van der Waals surface area contributed by atoms with Crippen LogP contribution in [-0.2, 0) is 4.79 Å². The molecule has 2 aromatic carbocycles. The Labute approximate surface area is 151 Å². The average molecular weight is 355 g/mol. The van der Waals surface area contributed by atoms with Crippen LogP contribution in [0.15, 0.2) is 48.5 Å². The number of nitriles is 1. The van der Waals surface area contributed by atoms with Crippen LogP contribution in [0.2, 0.25) is 0 Å². The molecular weight excluding hydrogens is 334 g/mol. The molecule has 0 aliphatic carbocycles. The van der Waals surface area contributed by atoms with E-state index in [0.717, 1.165) is 11.1 Å². The van der Waals surface area contributed by atoms with Gasteiger partial charge in [0.1, 0.15) is 6.04 Å². The van der Waals surface area contributed by atoms with Gasteiger partial charge in [-0.05, 0) is 42.3 Å². The van der Waals surface area contributed by atoms with Gasteiger partial charge >= 0.3 is 0 Å². The van der Waals surface area contributed by atoms with Gasteiger partial charge in [-0.1, -0.05) is 31.7 Å². The van der Waals surface area contributed by atoms with E-state index in [1.54, 1.807) is 36.4 Å². The van der Waals surface area contributed by atoms with E-state index in [-0.39, 0.29) is 7.43 Å². The lowest BCUT2D eigenvalue weighted by atomic mass is 10.0. The first-order valence-electron chi connectivity index (χ1n) is 7.49. The Morgan fingerprint density at radius 2 is 1.54 bits per heavy atom. The van der Waals surface area contributed by atoms with Gasteiger partial charge < -0.3 is 10.4 Å². The molecule has 2 rings (SSSR count). The topological polar surface area (TPSA) is 122 Å². The number of rotatable bonds is 5. The molecule has 0 aliphatic rings. The lowest BCUT2D eigenvalue weighted by molar-refractivity contribution is -0.133. The zero-order chi connectivity index (χ0) is 18.4. The minimum atomic E-state index is -1.27. The molecule has 0 bridgehead atoms. The highest BCUT2D eigenvalue weighted by molar-refractivity contribution is 5.97. The number of hydroxylamine groups is 1. The molecule has 0 spiro atoms. The van der Waals surface area contributed by atoms with Crippen LogP contribution < -0.4 is 10.8 Å². The number of aliphatic hydroxyl groups excluding tert-OH is 1. The van der Waals surface area contributed by atoms with Crippen LogP contribution in [0.4, 0.5) is 0 Å². The summed E-state index contributed by atoms with van der Waals surface area (Å²) in [4.78, 5) is 23.6. The highest BCUT2D eigenvalue weighted by Crippen LogP contribution is 2.20. The smallest absolute Gasteiger partial charge is 0.268 e. The molecule has 4 N–H and O–H groups in total. The second-order valence-corrected chi connectivity index (χ2v) is 5.43. The summed E-state index contributed by atoms with van der Waals surface area (Å²) < 4.78 is 0.